The minimum atomic E-state index is 0.815. The van der Waals surface area contributed by atoms with Gasteiger partial charge in [-0.3, -0.25) is 4.90 Å². The van der Waals surface area contributed by atoms with Crippen LogP contribution in [0.1, 0.15) is 13.3 Å². The van der Waals surface area contributed by atoms with Gasteiger partial charge in [0, 0.05) is 12.3 Å². The highest BCUT2D eigenvalue weighted by atomic mass is 32.2. The average Bonchev–Trinajstić information content (AvgIpc) is 2.14. The van der Waals surface area contributed by atoms with Crippen molar-refractivity contribution in [1.29, 1.82) is 0 Å². The van der Waals surface area contributed by atoms with Gasteiger partial charge in [0.05, 0.1) is 5.37 Å². The van der Waals surface area contributed by atoms with E-state index in [1.165, 1.54) is 18.7 Å². The second-order valence-corrected chi connectivity index (χ2v) is 3.50. The molecule has 1 heterocycles. The number of thioether (sulfide) groups is 1. The summed E-state index contributed by atoms with van der Waals surface area (Å²) in [5.41, 5.74) is 0. The standard InChI is InChI=1S/C6H13NS/c1-3-6-7(2)4-5-8-6/h6H,3-5H2,1-2H3. The Balaban J connectivity index is 2.30. The first kappa shape index (κ1) is 6.43. The molecule has 1 aliphatic heterocycles. The Labute approximate surface area is 55.4 Å². The fourth-order valence-corrected chi connectivity index (χ4v) is 2.29. The lowest BCUT2D eigenvalue weighted by Crippen LogP contribution is -2.22. The van der Waals surface area contributed by atoms with Crippen LogP contribution in [0, 0.1) is 0 Å². The molecule has 1 saturated heterocycles. The number of nitrogens with zero attached hydrogens (tertiary/aromatic N) is 1. The second-order valence-electron chi connectivity index (χ2n) is 2.21. The van der Waals surface area contributed by atoms with Crippen LogP contribution in [0.3, 0.4) is 0 Å². The molecule has 8 heavy (non-hydrogen) atoms. The molecule has 0 aromatic rings. The Hall–Kier alpha value is 0.310. The maximum atomic E-state index is 2.42. The molecule has 0 aromatic heterocycles. The van der Waals surface area contributed by atoms with Gasteiger partial charge in [-0.15, -0.1) is 11.8 Å². The summed E-state index contributed by atoms with van der Waals surface area (Å²) in [6.45, 7) is 3.53. The maximum absolute atomic E-state index is 2.42. The molecule has 0 aliphatic carbocycles. The van der Waals surface area contributed by atoms with Gasteiger partial charge >= 0.3 is 0 Å². The Kier molecular flexibility index (Phi) is 2.20. The molecule has 1 aliphatic rings. The summed E-state index contributed by atoms with van der Waals surface area (Å²) in [5, 5.41) is 0.815. The first-order valence-corrected chi connectivity index (χ1v) is 4.21. The molecule has 0 aromatic carbocycles. The van der Waals surface area contributed by atoms with Crippen molar-refractivity contribution in [3.63, 3.8) is 0 Å². The monoisotopic (exact) mass is 131 g/mol. The van der Waals surface area contributed by atoms with E-state index in [0.29, 0.717) is 0 Å². The Morgan fingerprint density at radius 3 is 2.75 bits per heavy atom. The lowest BCUT2D eigenvalue weighted by molar-refractivity contribution is 0.346. The van der Waals surface area contributed by atoms with E-state index < -0.39 is 0 Å². The summed E-state index contributed by atoms with van der Waals surface area (Å²) in [6.07, 6.45) is 1.29. The Morgan fingerprint density at radius 1 is 1.75 bits per heavy atom. The highest BCUT2D eigenvalue weighted by Crippen LogP contribution is 2.23. The zero-order valence-corrected chi connectivity index (χ0v) is 6.37. The summed E-state index contributed by atoms with van der Waals surface area (Å²) in [6, 6.07) is 0. The quantitative estimate of drug-likeness (QED) is 0.529. The summed E-state index contributed by atoms with van der Waals surface area (Å²) in [7, 11) is 2.20. The normalized spacial score (nSPS) is 31.5. The third kappa shape index (κ3) is 1.17. The highest BCUT2D eigenvalue weighted by molar-refractivity contribution is 8.00. The molecule has 0 spiro atoms. The van der Waals surface area contributed by atoms with Gasteiger partial charge in [-0.05, 0) is 13.5 Å². The van der Waals surface area contributed by atoms with Gasteiger partial charge < -0.3 is 0 Å². The molecule has 1 nitrogen and oxygen atoms in total. The van der Waals surface area contributed by atoms with E-state index in [0.717, 1.165) is 5.37 Å². The molecule has 0 N–H and O–H groups in total. The molecule has 0 radical (unpaired) electrons. The number of hydrogen-bond acceptors (Lipinski definition) is 2. The van der Waals surface area contributed by atoms with Crippen LogP contribution in [0.4, 0.5) is 0 Å². The Bertz CT molecular complexity index is 74.9. The van der Waals surface area contributed by atoms with E-state index in [1.54, 1.807) is 0 Å². The predicted molar refractivity (Wildman–Crippen MR) is 39.2 cm³/mol. The first-order chi connectivity index (χ1) is 3.84. The van der Waals surface area contributed by atoms with Crippen molar-refractivity contribution in [1.82, 2.24) is 4.90 Å². The van der Waals surface area contributed by atoms with Gasteiger partial charge in [-0.25, -0.2) is 0 Å². The summed E-state index contributed by atoms with van der Waals surface area (Å²) < 4.78 is 0. The summed E-state index contributed by atoms with van der Waals surface area (Å²) in [4.78, 5) is 2.42. The van der Waals surface area contributed by atoms with Gasteiger partial charge in [-0.2, -0.15) is 0 Å². The van der Waals surface area contributed by atoms with Crippen molar-refractivity contribution in [3.8, 4) is 0 Å². The molecule has 0 bridgehead atoms. The van der Waals surface area contributed by atoms with Gasteiger partial charge in [0.1, 0.15) is 0 Å². The Morgan fingerprint density at radius 2 is 2.50 bits per heavy atom. The predicted octanol–water partition coefficient (Wildman–Crippen LogP) is 1.40. The minimum absolute atomic E-state index is 0.815. The molecule has 1 rings (SSSR count). The lowest BCUT2D eigenvalue weighted by Gasteiger charge is -2.14. The van der Waals surface area contributed by atoms with Crippen molar-refractivity contribution in [2.75, 3.05) is 19.3 Å². The number of rotatable bonds is 1. The molecular weight excluding hydrogens is 118 g/mol. The van der Waals surface area contributed by atoms with E-state index in [1.807, 2.05) is 0 Å². The van der Waals surface area contributed by atoms with Crippen molar-refractivity contribution in [2.24, 2.45) is 0 Å². The van der Waals surface area contributed by atoms with E-state index in [2.05, 4.69) is 30.6 Å². The summed E-state index contributed by atoms with van der Waals surface area (Å²) >= 11 is 2.08. The topological polar surface area (TPSA) is 3.24 Å². The van der Waals surface area contributed by atoms with Crippen molar-refractivity contribution >= 4 is 11.8 Å². The smallest absolute Gasteiger partial charge is 0.0552 e. The first-order valence-electron chi connectivity index (χ1n) is 3.16. The zero-order chi connectivity index (χ0) is 5.98. The molecular formula is C6H13NS. The van der Waals surface area contributed by atoms with Crippen LogP contribution in [0.2, 0.25) is 0 Å². The van der Waals surface area contributed by atoms with E-state index in [4.69, 9.17) is 0 Å². The molecule has 1 atom stereocenters. The van der Waals surface area contributed by atoms with Crippen LogP contribution < -0.4 is 0 Å². The molecule has 1 unspecified atom stereocenters. The van der Waals surface area contributed by atoms with Crippen LogP contribution in [0.5, 0.6) is 0 Å². The third-order valence-corrected chi connectivity index (χ3v) is 3.09. The van der Waals surface area contributed by atoms with Gasteiger partial charge in [0.25, 0.3) is 0 Å². The fourth-order valence-electron chi connectivity index (χ4n) is 1.03. The fraction of sp³-hybridized carbons (Fsp3) is 1.00. The van der Waals surface area contributed by atoms with Crippen molar-refractivity contribution in [2.45, 2.75) is 18.7 Å². The minimum Gasteiger partial charge on any atom is -0.294 e. The molecule has 1 fully saturated rings. The average molecular weight is 131 g/mol. The van der Waals surface area contributed by atoms with E-state index in [-0.39, 0.29) is 0 Å². The molecule has 0 saturated carbocycles. The van der Waals surface area contributed by atoms with Gasteiger partial charge in [0.2, 0.25) is 0 Å². The second kappa shape index (κ2) is 2.74. The van der Waals surface area contributed by atoms with E-state index >= 15 is 0 Å². The van der Waals surface area contributed by atoms with Gasteiger partial charge in [-0.1, -0.05) is 6.92 Å². The molecule has 2 heteroatoms. The van der Waals surface area contributed by atoms with Crippen LogP contribution in [-0.4, -0.2) is 29.6 Å². The highest BCUT2D eigenvalue weighted by Gasteiger charge is 2.18. The van der Waals surface area contributed by atoms with Crippen LogP contribution in [-0.2, 0) is 0 Å². The summed E-state index contributed by atoms with van der Waals surface area (Å²) in [5.74, 6) is 1.33. The van der Waals surface area contributed by atoms with Crippen molar-refractivity contribution in [3.05, 3.63) is 0 Å². The SMILES string of the molecule is CCC1SCCN1C. The van der Waals surface area contributed by atoms with Crippen molar-refractivity contribution < 1.29 is 0 Å². The molecule has 48 valence electrons. The van der Waals surface area contributed by atoms with Crippen LogP contribution in [0.15, 0.2) is 0 Å². The van der Waals surface area contributed by atoms with E-state index in [9.17, 15) is 0 Å². The molecule has 0 amide bonds. The number of hydrogen-bond donors (Lipinski definition) is 0. The maximum Gasteiger partial charge on any atom is 0.0552 e. The zero-order valence-electron chi connectivity index (χ0n) is 5.55. The van der Waals surface area contributed by atoms with Crippen LogP contribution >= 0.6 is 11.8 Å². The van der Waals surface area contributed by atoms with Gasteiger partial charge in [0.15, 0.2) is 0 Å². The van der Waals surface area contributed by atoms with Crippen LogP contribution in [0.25, 0.3) is 0 Å². The lowest BCUT2D eigenvalue weighted by atomic mass is 10.4. The largest absolute Gasteiger partial charge is 0.294 e. The third-order valence-electron chi connectivity index (χ3n) is 1.60.